The molecular weight excluding hydrogens is 220 g/mol. The summed E-state index contributed by atoms with van der Waals surface area (Å²) < 4.78 is 15.9. The van der Waals surface area contributed by atoms with Gasteiger partial charge in [0.15, 0.2) is 0 Å². The van der Waals surface area contributed by atoms with E-state index in [0.29, 0.717) is 13.2 Å². The molecule has 0 bridgehead atoms. The highest BCUT2D eigenvalue weighted by Crippen LogP contribution is 2.59. The molecule has 3 rings (SSSR count). The molecule has 1 aromatic rings. The molecule has 4 nitrogen and oxygen atoms in total. The zero-order chi connectivity index (χ0) is 11.9. The predicted molar refractivity (Wildman–Crippen MR) is 59.5 cm³/mol. The lowest BCUT2D eigenvalue weighted by atomic mass is 9.51. The summed E-state index contributed by atoms with van der Waals surface area (Å²) in [5.41, 5.74) is -0.736. The van der Waals surface area contributed by atoms with Crippen LogP contribution in [0.25, 0.3) is 0 Å². The van der Waals surface area contributed by atoms with E-state index in [-0.39, 0.29) is 11.4 Å². The van der Waals surface area contributed by atoms with Gasteiger partial charge in [-0.1, -0.05) is 6.42 Å². The molecule has 1 aliphatic heterocycles. The Balaban J connectivity index is 2.02. The minimum atomic E-state index is -0.433. The zero-order valence-corrected chi connectivity index (χ0v) is 9.90. The molecule has 1 saturated heterocycles. The van der Waals surface area contributed by atoms with E-state index < -0.39 is 5.41 Å². The van der Waals surface area contributed by atoms with Crippen molar-refractivity contribution in [3.8, 4) is 0 Å². The monoisotopic (exact) mass is 236 g/mol. The van der Waals surface area contributed by atoms with Gasteiger partial charge >= 0.3 is 5.97 Å². The second kappa shape index (κ2) is 3.60. The number of carbonyl (C=O) groups excluding carboxylic acids is 1. The molecule has 17 heavy (non-hydrogen) atoms. The van der Waals surface area contributed by atoms with Crippen LogP contribution >= 0.6 is 0 Å². The molecule has 2 fully saturated rings. The number of hydrogen-bond acceptors (Lipinski definition) is 4. The molecule has 0 amide bonds. The third-order valence-electron chi connectivity index (χ3n) is 4.39. The largest absolute Gasteiger partial charge is 0.469 e. The van der Waals surface area contributed by atoms with Gasteiger partial charge in [0.1, 0.15) is 5.76 Å². The van der Waals surface area contributed by atoms with E-state index in [1.165, 1.54) is 7.11 Å². The Morgan fingerprint density at radius 2 is 2.18 bits per heavy atom. The van der Waals surface area contributed by atoms with Crippen molar-refractivity contribution >= 4 is 5.97 Å². The van der Waals surface area contributed by atoms with Gasteiger partial charge in [0.05, 0.1) is 37.4 Å². The first kappa shape index (κ1) is 10.8. The molecule has 0 N–H and O–H groups in total. The summed E-state index contributed by atoms with van der Waals surface area (Å²) in [7, 11) is 1.46. The van der Waals surface area contributed by atoms with Crippen molar-refractivity contribution in [1.82, 2.24) is 0 Å². The molecule has 0 atom stereocenters. The minimum Gasteiger partial charge on any atom is -0.469 e. The molecule has 0 spiro atoms. The fourth-order valence-electron chi connectivity index (χ4n) is 3.12. The Hall–Kier alpha value is -1.29. The standard InChI is InChI=1S/C13H16O4/c1-15-11(14)12(5-3-6-12)13(8-16-9-13)10-4-2-7-17-10/h2,4,7H,3,5-6,8-9H2,1H3. The number of ether oxygens (including phenoxy) is 2. The summed E-state index contributed by atoms with van der Waals surface area (Å²) in [4.78, 5) is 12.1. The third-order valence-corrected chi connectivity index (χ3v) is 4.39. The highest BCUT2D eigenvalue weighted by molar-refractivity contribution is 5.80. The summed E-state index contributed by atoms with van der Waals surface area (Å²) >= 11 is 0. The van der Waals surface area contributed by atoms with Crippen LogP contribution in [0.5, 0.6) is 0 Å². The summed E-state index contributed by atoms with van der Waals surface area (Å²) in [6.07, 6.45) is 4.45. The summed E-state index contributed by atoms with van der Waals surface area (Å²) in [5, 5.41) is 0. The molecule has 0 unspecified atom stereocenters. The van der Waals surface area contributed by atoms with Crippen LogP contribution in [0.2, 0.25) is 0 Å². The van der Waals surface area contributed by atoms with Crippen LogP contribution in [0, 0.1) is 5.41 Å². The Labute approximate surface area is 99.9 Å². The highest BCUT2D eigenvalue weighted by atomic mass is 16.5. The van der Waals surface area contributed by atoms with Gasteiger partial charge < -0.3 is 13.9 Å². The second-order valence-electron chi connectivity index (χ2n) is 4.98. The molecule has 2 aliphatic rings. The minimum absolute atomic E-state index is 0.122. The van der Waals surface area contributed by atoms with Gasteiger partial charge in [0.25, 0.3) is 0 Å². The molecule has 1 aliphatic carbocycles. The average molecular weight is 236 g/mol. The van der Waals surface area contributed by atoms with E-state index in [9.17, 15) is 4.79 Å². The van der Waals surface area contributed by atoms with Crippen LogP contribution < -0.4 is 0 Å². The molecule has 92 valence electrons. The van der Waals surface area contributed by atoms with Crippen LogP contribution in [-0.4, -0.2) is 26.3 Å². The quantitative estimate of drug-likeness (QED) is 0.752. The highest BCUT2D eigenvalue weighted by Gasteiger charge is 2.66. The topological polar surface area (TPSA) is 48.7 Å². The maximum absolute atomic E-state index is 12.1. The fraction of sp³-hybridized carbons (Fsp3) is 0.615. The first-order chi connectivity index (χ1) is 8.25. The summed E-state index contributed by atoms with van der Waals surface area (Å²) in [6.45, 7) is 1.10. The Morgan fingerprint density at radius 1 is 1.41 bits per heavy atom. The van der Waals surface area contributed by atoms with E-state index in [0.717, 1.165) is 25.0 Å². The van der Waals surface area contributed by atoms with Crippen LogP contribution in [0.3, 0.4) is 0 Å². The Morgan fingerprint density at radius 3 is 2.53 bits per heavy atom. The van der Waals surface area contributed by atoms with Crippen molar-refractivity contribution in [3.05, 3.63) is 24.2 Å². The van der Waals surface area contributed by atoms with Gasteiger partial charge in [0, 0.05) is 0 Å². The molecule has 1 saturated carbocycles. The van der Waals surface area contributed by atoms with Crippen molar-refractivity contribution in [2.75, 3.05) is 20.3 Å². The average Bonchev–Trinajstić information content (AvgIpc) is 2.72. The molecule has 0 aromatic carbocycles. The van der Waals surface area contributed by atoms with Gasteiger partial charge in [-0.2, -0.15) is 0 Å². The van der Waals surface area contributed by atoms with Crippen molar-refractivity contribution in [2.24, 2.45) is 5.41 Å². The fourth-order valence-corrected chi connectivity index (χ4v) is 3.12. The third kappa shape index (κ3) is 1.19. The zero-order valence-electron chi connectivity index (χ0n) is 9.90. The van der Waals surface area contributed by atoms with Crippen molar-refractivity contribution < 1.29 is 18.7 Å². The maximum Gasteiger partial charge on any atom is 0.313 e. The Bertz CT molecular complexity index is 413. The van der Waals surface area contributed by atoms with E-state index in [4.69, 9.17) is 13.9 Å². The molecule has 1 aromatic heterocycles. The van der Waals surface area contributed by atoms with Crippen LogP contribution in [0.4, 0.5) is 0 Å². The van der Waals surface area contributed by atoms with Gasteiger partial charge in [-0.25, -0.2) is 0 Å². The molecular formula is C13H16O4. The van der Waals surface area contributed by atoms with Crippen LogP contribution in [-0.2, 0) is 19.7 Å². The van der Waals surface area contributed by atoms with Crippen molar-refractivity contribution in [2.45, 2.75) is 24.7 Å². The van der Waals surface area contributed by atoms with Gasteiger partial charge in [-0.15, -0.1) is 0 Å². The van der Waals surface area contributed by atoms with Gasteiger partial charge in [-0.3, -0.25) is 4.79 Å². The lowest BCUT2D eigenvalue weighted by molar-refractivity contribution is -0.198. The number of furan rings is 1. The first-order valence-corrected chi connectivity index (χ1v) is 5.95. The van der Waals surface area contributed by atoms with Gasteiger partial charge in [0.2, 0.25) is 0 Å². The van der Waals surface area contributed by atoms with Crippen LogP contribution in [0.15, 0.2) is 22.8 Å². The smallest absolute Gasteiger partial charge is 0.313 e. The summed E-state index contributed by atoms with van der Waals surface area (Å²) in [5.74, 6) is 0.734. The molecule has 4 heteroatoms. The van der Waals surface area contributed by atoms with E-state index >= 15 is 0 Å². The number of methoxy groups -OCH3 is 1. The number of esters is 1. The van der Waals surface area contributed by atoms with E-state index in [2.05, 4.69) is 0 Å². The summed E-state index contributed by atoms with van der Waals surface area (Å²) in [6, 6.07) is 3.80. The maximum atomic E-state index is 12.1. The van der Waals surface area contributed by atoms with Crippen LogP contribution in [0.1, 0.15) is 25.0 Å². The van der Waals surface area contributed by atoms with Gasteiger partial charge in [-0.05, 0) is 25.0 Å². The lowest BCUT2D eigenvalue weighted by Crippen LogP contribution is -2.65. The first-order valence-electron chi connectivity index (χ1n) is 5.95. The van der Waals surface area contributed by atoms with E-state index in [1.807, 2.05) is 12.1 Å². The molecule has 0 radical (unpaired) electrons. The number of hydrogen-bond donors (Lipinski definition) is 0. The SMILES string of the molecule is COC(=O)C1(C2(c3ccco3)COC2)CCC1. The second-order valence-corrected chi connectivity index (χ2v) is 4.98. The Kier molecular flexibility index (Phi) is 2.30. The van der Waals surface area contributed by atoms with E-state index in [1.54, 1.807) is 6.26 Å². The number of rotatable bonds is 3. The van der Waals surface area contributed by atoms with Crippen molar-refractivity contribution in [1.29, 1.82) is 0 Å². The van der Waals surface area contributed by atoms with Crippen molar-refractivity contribution in [3.63, 3.8) is 0 Å². The lowest BCUT2D eigenvalue weighted by Gasteiger charge is -2.56. The normalized spacial score (nSPS) is 24.5. The number of carbonyl (C=O) groups is 1. The molecule has 2 heterocycles. The predicted octanol–water partition coefficient (Wildman–Crippen LogP) is 1.89.